The van der Waals surface area contributed by atoms with E-state index in [2.05, 4.69) is 131 Å². The van der Waals surface area contributed by atoms with Gasteiger partial charge in [-0.25, -0.2) is 0 Å². The van der Waals surface area contributed by atoms with Crippen molar-refractivity contribution in [1.82, 2.24) is 9.34 Å². The maximum Gasteiger partial charge on any atom is 2.00 e. The Hall–Kier alpha value is -0.661. The predicted molar refractivity (Wildman–Crippen MR) is 162 cm³/mol. The number of fused-ring (bicyclic) bond motifs is 2. The number of rotatable bonds is 4. The first-order valence-corrected chi connectivity index (χ1v) is 16.6. The summed E-state index contributed by atoms with van der Waals surface area (Å²) >= 11 is 0. The summed E-state index contributed by atoms with van der Waals surface area (Å²) in [6, 6.07) is 23.3. The molecule has 2 unspecified atom stereocenters. The van der Waals surface area contributed by atoms with E-state index in [1.807, 2.05) is 0 Å². The molecule has 7 heteroatoms. The summed E-state index contributed by atoms with van der Waals surface area (Å²) in [5.41, 5.74) is 5.76. The number of hydrogen-bond acceptors (Lipinski definition) is 4. The second-order valence-corrected chi connectivity index (χ2v) is 14.8. The quantitative estimate of drug-likeness (QED) is 0.272. The van der Waals surface area contributed by atoms with E-state index in [0.29, 0.717) is 0 Å². The molecule has 4 saturated heterocycles. The number of hydrogen-bond donors (Lipinski definition) is 0. The normalized spacial score (nSPS) is 31.3. The molecule has 0 amide bonds. The van der Waals surface area contributed by atoms with Gasteiger partial charge in [0.1, 0.15) is 0 Å². The first-order chi connectivity index (χ1) is 18.9. The first kappa shape index (κ1) is 28.5. The molecule has 0 aromatic heterocycles. The molecule has 8 rings (SSSR count). The maximum absolute atomic E-state index is 2.75. The van der Waals surface area contributed by atoms with Gasteiger partial charge in [0, 0.05) is 61.0 Å². The summed E-state index contributed by atoms with van der Waals surface area (Å²) < 4.78 is 10.8. The molecular weight excluding hydrogens is 558 g/mol. The molecule has 200 valence electrons. The van der Waals surface area contributed by atoms with E-state index in [1.54, 1.807) is 0 Å². The monoisotopic (exact) mass is 594 g/mol. The third kappa shape index (κ3) is 5.84. The van der Waals surface area contributed by atoms with Crippen LogP contribution in [-0.2, 0) is 17.1 Å². The zero-order valence-corrected chi connectivity index (χ0v) is 25.1. The minimum atomic E-state index is -0.317. The molecule has 0 N–H and O–H groups in total. The van der Waals surface area contributed by atoms with E-state index in [4.69, 9.17) is 0 Å². The van der Waals surface area contributed by atoms with Gasteiger partial charge < -0.3 is 9.34 Å². The summed E-state index contributed by atoms with van der Waals surface area (Å²) in [5, 5.41) is 0. The van der Waals surface area contributed by atoms with Gasteiger partial charge in [-0.2, -0.15) is 0 Å². The van der Waals surface area contributed by atoms with Crippen molar-refractivity contribution in [3.05, 3.63) is 123 Å². The molecule has 4 atom stereocenters. The van der Waals surface area contributed by atoms with E-state index < -0.39 is 0 Å². The smallest absolute Gasteiger partial charge is 0.336 e. The van der Waals surface area contributed by atoms with Crippen LogP contribution in [0.15, 0.2) is 60.7 Å². The van der Waals surface area contributed by atoms with Gasteiger partial charge >= 0.3 is 17.1 Å². The van der Waals surface area contributed by atoms with E-state index in [0.717, 1.165) is 12.1 Å². The maximum atomic E-state index is 2.75. The number of para-hydroxylation sites is 2. The third-order valence-corrected chi connectivity index (χ3v) is 13.5. The minimum Gasteiger partial charge on any atom is -0.336 e. The summed E-state index contributed by atoms with van der Waals surface area (Å²) in [7, 11) is -0.633. The van der Waals surface area contributed by atoms with E-state index in [1.165, 1.54) is 74.6 Å². The molecule has 2 aromatic carbocycles. The Kier molecular flexibility index (Phi) is 9.56. The van der Waals surface area contributed by atoms with Crippen molar-refractivity contribution in [3.63, 3.8) is 0 Å². The minimum absolute atomic E-state index is 0. The van der Waals surface area contributed by atoms with Gasteiger partial charge in [0.05, 0.1) is 16.4 Å². The summed E-state index contributed by atoms with van der Waals surface area (Å²) in [5.74, 6) is 0. The Balaban J connectivity index is 0.000000138. The van der Waals surface area contributed by atoms with E-state index in [-0.39, 0.29) is 33.5 Å². The van der Waals surface area contributed by atoms with Crippen LogP contribution in [0.5, 0.6) is 0 Å². The van der Waals surface area contributed by atoms with Gasteiger partial charge in [-0.1, -0.05) is 36.4 Å². The van der Waals surface area contributed by atoms with Crippen molar-refractivity contribution < 1.29 is 17.1 Å². The van der Waals surface area contributed by atoms with Crippen LogP contribution < -0.4 is 9.34 Å². The molecule has 0 bridgehead atoms. The number of nitrogens with zero attached hydrogens (tertiary/aromatic N) is 4. The second kappa shape index (κ2) is 13.1. The van der Waals surface area contributed by atoms with Crippen molar-refractivity contribution in [2.45, 2.75) is 37.8 Å². The predicted octanol–water partition coefficient (Wildman–Crippen LogP) is 7.29. The zero-order valence-electron chi connectivity index (χ0n) is 22.2. The van der Waals surface area contributed by atoms with Crippen molar-refractivity contribution in [2.24, 2.45) is 0 Å². The van der Waals surface area contributed by atoms with Crippen LogP contribution in [0.4, 0.5) is 11.4 Å². The number of benzene rings is 2. The standard InChI is InChI=1S/2C16H18N2P.Fe/c2*1-2-7-14(8-3-1)18-13-15-9-6-12-17(15)19(18)16-10-4-5-11-16;/h2*1-5,7-8,10-11,15H,6,9,12-13H2;/q;;+2/t2*15-,19?;/m00./s1. The van der Waals surface area contributed by atoms with Crippen LogP contribution in [0, 0.1) is 62.7 Å². The molecular formula is C32H36FeN4P2+2. The van der Waals surface area contributed by atoms with Crippen LogP contribution in [-0.4, -0.2) is 47.6 Å². The number of anilines is 2. The van der Waals surface area contributed by atoms with Gasteiger partial charge in [-0.15, -0.1) is 0 Å². The van der Waals surface area contributed by atoms with Gasteiger partial charge in [-0.05, 0) is 101 Å². The Morgan fingerprint density at radius 2 is 0.923 bits per heavy atom. The summed E-state index contributed by atoms with van der Waals surface area (Å²) in [6.07, 6.45) is 23.3. The topological polar surface area (TPSA) is 13.0 Å². The van der Waals surface area contributed by atoms with Gasteiger partial charge in [0.2, 0.25) is 0 Å². The fourth-order valence-electron chi connectivity index (χ4n) is 6.54. The van der Waals surface area contributed by atoms with E-state index in [9.17, 15) is 0 Å². The molecule has 4 aliphatic heterocycles. The summed E-state index contributed by atoms with van der Waals surface area (Å²) in [4.78, 5) is 0. The molecule has 4 heterocycles. The average molecular weight is 594 g/mol. The Morgan fingerprint density at radius 1 is 0.538 bits per heavy atom. The molecule has 39 heavy (non-hydrogen) atoms. The largest absolute Gasteiger partial charge is 2.00 e. The van der Waals surface area contributed by atoms with Crippen LogP contribution >= 0.6 is 16.4 Å². The zero-order chi connectivity index (χ0) is 25.3. The van der Waals surface area contributed by atoms with Crippen LogP contribution in [0.2, 0.25) is 0 Å². The van der Waals surface area contributed by atoms with Crippen molar-refractivity contribution in [2.75, 3.05) is 35.5 Å². The molecule has 6 aliphatic rings. The van der Waals surface area contributed by atoms with Gasteiger partial charge in [-0.3, -0.25) is 9.34 Å². The molecule has 4 nitrogen and oxygen atoms in total. The first-order valence-electron chi connectivity index (χ1n) is 14.1. The van der Waals surface area contributed by atoms with Gasteiger partial charge in [0.15, 0.2) is 0 Å². The van der Waals surface area contributed by atoms with Crippen molar-refractivity contribution in [1.29, 1.82) is 0 Å². The fourth-order valence-corrected chi connectivity index (χ4v) is 12.2. The third-order valence-electron chi connectivity index (χ3n) is 8.26. The van der Waals surface area contributed by atoms with Crippen LogP contribution in [0.3, 0.4) is 0 Å². The molecule has 2 saturated carbocycles. The molecule has 10 radical (unpaired) electrons. The van der Waals surface area contributed by atoms with E-state index >= 15 is 0 Å². The molecule has 2 aliphatic carbocycles. The SMILES string of the molecule is [CH]1[CH][CH][C](P2N(c3ccccc3)C[C@@H]3CCCN32)[CH]1.[CH]1[CH][CH][C](P2N(c3ccccc3)C[C@@H]3CCCN32)[CH]1.[Fe+2]. The van der Waals surface area contributed by atoms with Crippen molar-refractivity contribution >= 4 is 27.8 Å². The Morgan fingerprint density at radius 3 is 1.31 bits per heavy atom. The fraction of sp³-hybridized carbons (Fsp3) is 0.312. The van der Waals surface area contributed by atoms with Gasteiger partial charge in [0.25, 0.3) is 0 Å². The summed E-state index contributed by atoms with van der Waals surface area (Å²) in [6.45, 7) is 4.93. The Bertz CT molecular complexity index is 949. The molecule has 6 fully saturated rings. The average Bonchev–Trinajstić information content (AvgIpc) is 3.79. The molecule has 0 spiro atoms. The van der Waals surface area contributed by atoms with Crippen LogP contribution in [0.1, 0.15) is 25.7 Å². The van der Waals surface area contributed by atoms with Crippen molar-refractivity contribution in [3.8, 4) is 0 Å². The molecule has 2 aromatic rings. The van der Waals surface area contributed by atoms with Crippen LogP contribution in [0.25, 0.3) is 0 Å². The Labute approximate surface area is 250 Å². The second-order valence-electron chi connectivity index (χ2n) is 10.6.